The number of H-pyrrole nitrogens is 1. The lowest BCUT2D eigenvalue weighted by Crippen LogP contribution is -2.34. The molecule has 0 saturated heterocycles. The molecule has 0 saturated carbocycles. The molecular formula is C15H20N4O2. The van der Waals surface area contributed by atoms with Crippen LogP contribution in [-0.2, 0) is 5.54 Å². The van der Waals surface area contributed by atoms with Gasteiger partial charge in [-0.25, -0.2) is 4.98 Å². The number of rotatable bonds is 5. The second-order valence-corrected chi connectivity index (χ2v) is 5.53. The quantitative estimate of drug-likeness (QED) is 0.651. The first-order valence-electron chi connectivity index (χ1n) is 6.96. The summed E-state index contributed by atoms with van der Waals surface area (Å²) in [6.45, 7) is 5.90. The Morgan fingerprint density at radius 3 is 2.81 bits per heavy atom. The molecule has 1 aromatic carbocycles. The second kappa shape index (κ2) is 5.65. The summed E-state index contributed by atoms with van der Waals surface area (Å²) in [4.78, 5) is 18.2. The molecule has 1 aromatic heterocycles. The zero-order valence-electron chi connectivity index (χ0n) is 12.5. The van der Waals surface area contributed by atoms with Gasteiger partial charge in [0.1, 0.15) is 5.82 Å². The highest BCUT2D eigenvalue weighted by atomic mass is 16.6. The lowest BCUT2D eigenvalue weighted by atomic mass is 9.97. The van der Waals surface area contributed by atoms with Gasteiger partial charge in [-0.05, 0) is 20.3 Å². The number of nitrogens with two attached hydrogens (primary N) is 1. The van der Waals surface area contributed by atoms with Crippen LogP contribution in [0.3, 0.4) is 0 Å². The van der Waals surface area contributed by atoms with Crippen molar-refractivity contribution in [2.45, 2.75) is 39.2 Å². The summed E-state index contributed by atoms with van der Waals surface area (Å²) < 4.78 is 0. The Kier molecular flexibility index (Phi) is 4.09. The summed E-state index contributed by atoms with van der Waals surface area (Å²) in [6.07, 6.45) is 1.77. The minimum absolute atomic E-state index is 0.0560. The summed E-state index contributed by atoms with van der Waals surface area (Å²) in [7, 11) is 0. The number of nitrogens with zero attached hydrogens (tertiary/aromatic N) is 2. The number of nitro benzene ring substituents is 1. The monoisotopic (exact) mass is 288 g/mol. The topological polar surface area (TPSA) is 97.8 Å². The Hall–Kier alpha value is -2.21. The number of benzene rings is 1. The van der Waals surface area contributed by atoms with Crippen molar-refractivity contribution < 1.29 is 4.92 Å². The Balaban J connectivity index is 2.44. The van der Waals surface area contributed by atoms with Crippen LogP contribution in [0.15, 0.2) is 24.3 Å². The van der Waals surface area contributed by atoms with Crippen LogP contribution < -0.4 is 5.73 Å². The fraction of sp³-hybridized carbons (Fsp3) is 0.400. The van der Waals surface area contributed by atoms with E-state index in [0.29, 0.717) is 11.5 Å². The summed E-state index contributed by atoms with van der Waals surface area (Å²) in [5.41, 5.74) is 8.10. The van der Waals surface area contributed by atoms with Crippen LogP contribution in [0.25, 0.3) is 11.3 Å². The first-order valence-corrected chi connectivity index (χ1v) is 6.96. The first kappa shape index (κ1) is 15.2. The van der Waals surface area contributed by atoms with Gasteiger partial charge in [-0.1, -0.05) is 25.5 Å². The normalized spacial score (nSPS) is 13.9. The van der Waals surface area contributed by atoms with E-state index >= 15 is 0 Å². The molecule has 0 bridgehead atoms. The molecule has 21 heavy (non-hydrogen) atoms. The molecule has 0 aliphatic heterocycles. The van der Waals surface area contributed by atoms with Gasteiger partial charge >= 0.3 is 0 Å². The molecular weight excluding hydrogens is 268 g/mol. The molecule has 2 aromatic rings. The maximum Gasteiger partial charge on any atom is 0.270 e. The number of aryl methyl sites for hydroxylation is 1. The molecule has 1 unspecified atom stereocenters. The van der Waals surface area contributed by atoms with E-state index in [1.54, 1.807) is 6.07 Å². The standard InChI is InChI=1S/C15H20N4O2/c1-4-8-15(3,16)14-17-10(2)13(18-14)11-6-5-7-12(9-11)19(20)21/h5-7,9H,4,8,16H2,1-3H3,(H,17,18). The van der Waals surface area contributed by atoms with Gasteiger partial charge in [0.2, 0.25) is 0 Å². The highest BCUT2D eigenvalue weighted by Crippen LogP contribution is 2.28. The van der Waals surface area contributed by atoms with E-state index in [4.69, 9.17) is 5.73 Å². The zero-order valence-corrected chi connectivity index (χ0v) is 12.5. The van der Waals surface area contributed by atoms with Crippen molar-refractivity contribution in [1.82, 2.24) is 9.97 Å². The number of imidazole rings is 1. The van der Waals surface area contributed by atoms with Crippen molar-refractivity contribution in [2.75, 3.05) is 0 Å². The second-order valence-electron chi connectivity index (χ2n) is 5.53. The maximum absolute atomic E-state index is 10.9. The molecule has 0 aliphatic carbocycles. The molecule has 0 amide bonds. The van der Waals surface area contributed by atoms with Crippen molar-refractivity contribution in [2.24, 2.45) is 5.73 Å². The van der Waals surface area contributed by atoms with Gasteiger partial charge < -0.3 is 10.7 Å². The Morgan fingerprint density at radius 1 is 1.48 bits per heavy atom. The van der Waals surface area contributed by atoms with Gasteiger partial charge in [0, 0.05) is 23.4 Å². The van der Waals surface area contributed by atoms with E-state index in [0.717, 1.165) is 24.1 Å². The van der Waals surface area contributed by atoms with Crippen LogP contribution in [0.5, 0.6) is 0 Å². The van der Waals surface area contributed by atoms with E-state index in [-0.39, 0.29) is 5.69 Å². The lowest BCUT2D eigenvalue weighted by molar-refractivity contribution is -0.384. The molecule has 1 atom stereocenters. The number of nitro groups is 1. The number of non-ortho nitro benzene ring substituents is 1. The number of hydrogen-bond acceptors (Lipinski definition) is 4. The number of nitrogens with one attached hydrogen (secondary N) is 1. The fourth-order valence-electron chi connectivity index (χ4n) is 2.42. The number of hydrogen-bond donors (Lipinski definition) is 2. The Morgan fingerprint density at radius 2 is 2.19 bits per heavy atom. The van der Waals surface area contributed by atoms with Gasteiger partial charge in [-0.15, -0.1) is 0 Å². The van der Waals surface area contributed by atoms with Gasteiger partial charge in [0.25, 0.3) is 5.69 Å². The Labute approximate surface area is 123 Å². The molecule has 3 N–H and O–H groups in total. The molecule has 0 aliphatic rings. The van der Waals surface area contributed by atoms with E-state index in [1.165, 1.54) is 12.1 Å². The van der Waals surface area contributed by atoms with Crippen molar-refractivity contribution in [1.29, 1.82) is 0 Å². The minimum atomic E-state index is -0.529. The molecule has 6 heteroatoms. The van der Waals surface area contributed by atoms with E-state index in [1.807, 2.05) is 19.9 Å². The molecule has 1 heterocycles. The summed E-state index contributed by atoms with van der Waals surface area (Å²) in [6, 6.07) is 6.47. The van der Waals surface area contributed by atoms with Gasteiger partial charge in [0.15, 0.2) is 0 Å². The van der Waals surface area contributed by atoms with E-state index < -0.39 is 10.5 Å². The SMILES string of the molecule is CCCC(C)(N)c1nc(-c2cccc([N+](=O)[O-])c2)c(C)[nH]1. The molecule has 112 valence electrons. The fourth-order valence-corrected chi connectivity index (χ4v) is 2.42. The minimum Gasteiger partial charge on any atom is -0.344 e. The van der Waals surface area contributed by atoms with Crippen LogP contribution in [0.4, 0.5) is 5.69 Å². The predicted octanol–water partition coefficient (Wildman–Crippen LogP) is 3.27. The van der Waals surface area contributed by atoms with Crippen LogP contribution in [0.1, 0.15) is 38.2 Å². The summed E-state index contributed by atoms with van der Waals surface area (Å²) in [5.74, 6) is 0.711. The average Bonchev–Trinajstić information content (AvgIpc) is 2.82. The summed E-state index contributed by atoms with van der Waals surface area (Å²) in [5, 5.41) is 10.9. The van der Waals surface area contributed by atoms with Gasteiger partial charge in [0.05, 0.1) is 16.2 Å². The van der Waals surface area contributed by atoms with Crippen molar-refractivity contribution in [3.8, 4) is 11.3 Å². The molecule has 0 fully saturated rings. The molecule has 6 nitrogen and oxygen atoms in total. The third-order valence-corrected chi connectivity index (χ3v) is 3.53. The molecule has 0 spiro atoms. The van der Waals surface area contributed by atoms with Crippen molar-refractivity contribution in [3.05, 3.63) is 45.9 Å². The highest BCUT2D eigenvalue weighted by molar-refractivity contribution is 5.65. The number of aromatic nitrogens is 2. The highest BCUT2D eigenvalue weighted by Gasteiger charge is 2.25. The van der Waals surface area contributed by atoms with E-state index in [2.05, 4.69) is 16.9 Å². The Bertz CT molecular complexity index is 661. The smallest absolute Gasteiger partial charge is 0.270 e. The lowest BCUT2D eigenvalue weighted by Gasteiger charge is -2.21. The molecule has 2 rings (SSSR count). The van der Waals surface area contributed by atoms with Gasteiger partial charge in [-0.3, -0.25) is 10.1 Å². The third-order valence-electron chi connectivity index (χ3n) is 3.53. The van der Waals surface area contributed by atoms with Crippen molar-refractivity contribution >= 4 is 5.69 Å². The number of aromatic amines is 1. The van der Waals surface area contributed by atoms with Gasteiger partial charge in [-0.2, -0.15) is 0 Å². The zero-order chi connectivity index (χ0) is 15.6. The van der Waals surface area contributed by atoms with Crippen LogP contribution in [0, 0.1) is 17.0 Å². The van der Waals surface area contributed by atoms with Crippen LogP contribution >= 0.6 is 0 Å². The van der Waals surface area contributed by atoms with E-state index in [9.17, 15) is 10.1 Å². The largest absolute Gasteiger partial charge is 0.344 e. The molecule has 0 radical (unpaired) electrons. The third kappa shape index (κ3) is 3.11. The van der Waals surface area contributed by atoms with Crippen molar-refractivity contribution in [3.63, 3.8) is 0 Å². The van der Waals surface area contributed by atoms with Crippen LogP contribution in [-0.4, -0.2) is 14.9 Å². The predicted molar refractivity (Wildman–Crippen MR) is 81.9 cm³/mol. The van der Waals surface area contributed by atoms with Crippen LogP contribution in [0.2, 0.25) is 0 Å². The first-order chi connectivity index (χ1) is 9.85. The average molecular weight is 288 g/mol. The summed E-state index contributed by atoms with van der Waals surface area (Å²) >= 11 is 0. The maximum atomic E-state index is 10.9.